The first-order valence-electron chi connectivity index (χ1n) is 12.3. The lowest BCUT2D eigenvalue weighted by atomic mass is 10.0. The van der Waals surface area contributed by atoms with Crippen molar-refractivity contribution in [3.63, 3.8) is 0 Å². The summed E-state index contributed by atoms with van der Waals surface area (Å²) in [4.78, 5) is 30.0. The number of benzene rings is 2. The molecule has 4 aromatic rings. The summed E-state index contributed by atoms with van der Waals surface area (Å²) in [6, 6.07) is 16.8. The SMILES string of the molecule is Cc1ccc(-c2nnn(CC(=O)N(c3ccccc3)[C@H](C(=O)NC[C@H]3CCCO3)c3ccc(F)cc3)n2)o1. The molecule has 1 saturated heterocycles. The van der Waals surface area contributed by atoms with Gasteiger partial charge in [-0.15, -0.1) is 10.2 Å². The van der Waals surface area contributed by atoms with E-state index in [1.807, 2.05) is 6.07 Å². The summed E-state index contributed by atoms with van der Waals surface area (Å²) in [5, 5.41) is 15.2. The van der Waals surface area contributed by atoms with Crippen molar-refractivity contribution in [2.75, 3.05) is 18.1 Å². The van der Waals surface area contributed by atoms with E-state index >= 15 is 0 Å². The molecule has 1 N–H and O–H groups in total. The molecule has 10 nitrogen and oxygen atoms in total. The first-order valence-corrected chi connectivity index (χ1v) is 12.3. The van der Waals surface area contributed by atoms with Crippen molar-refractivity contribution < 1.29 is 23.1 Å². The number of nitrogens with one attached hydrogen (secondary N) is 1. The molecule has 38 heavy (non-hydrogen) atoms. The molecule has 5 rings (SSSR count). The zero-order chi connectivity index (χ0) is 26.5. The van der Waals surface area contributed by atoms with Gasteiger partial charge in [-0.25, -0.2) is 4.39 Å². The fourth-order valence-electron chi connectivity index (χ4n) is 4.37. The highest BCUT2D eigenvalue weighted by atomic mass is 19.1. The van der Waals surface area contributed by atoms with Gasteiger partial charge in [0.1, 0.15) is 24.2 Å². The van der Waals surface area contributed by atoms with Gasteiger partial charge in [0.15, 0.2) is 5.76 Å². The fraction of sp³-hybridized carbons (Fsp3) is 0.296. The fourth-order valence-corrected chi connectivity index (χ4v) is 4.37. The Morgan fingerprint density at radius 3 is 2.61 bits per heavy atom. The molecule has 1 fully saturated rings. The number of carbonyl (C=O) groups is 2. The predicted molar refractivity (Wildman–Crippen MR) is 135 cm³/mol. The van der Waals surface area contributed by atoms with Gasteiger partial charge >= 0.3 is 0 Å². The van der Waals surface area contributed by atoms with Crippen molar-refractivity contribution in [3.05, 3.63) is 83.9 Å². The molecule has 0 unspecified atom stereocenters. The summed E-state index contributed by atoms with van der Waals surface area (Å²) in [6.45, 7) is 2.47. The molecule has 3 heterocycles. The molecule has 2 aromatic carbocycles. The molecule has 11 heteroatoms. The minimum absolute atomic E-state index is 0.0864. The number of tetrazole rings is 1. The Labute approximate surface area is 218 Å². The van der Waals surface area contributed by atoms with Gasteiger partial charge in [-0.2, -0.15) is 4.80 Å². The minimum Gasteiger partial charge on any atom is -0.458 e. The van der Waals surface area contributed by atoms with Crippen LogP contribution in [0.3, 0.4) is 0 Å². The van der Waals surface area contributed by atoms with Crippen molar-refractivity contribution in [2.45, 2.75) is 38.5 Å². The normalized spacial score (nSPS) is 15.8. The number of hydrogen-bond acceptors (Lipinski definition) is 7. The van der Waals surface area contributed by atoms with Gasteiger partial charge in [-0.1, -0.05) is 30.3 Å². The van der Waals surface area contributed by atoms with Crippen LogP contribution in [0.2, 0.25) is 0 Å². The molecule has 0 radical (unpaired) electrons. The summed E-state index contributed by atoms with van der Waals surface area (Å²) < 4.78 is 25.0. The Hall–Kier alpha value is -4.38. The van der Waals surface area contributed by atoms with Gasteiger partial charge in [0, 0.05) is 18.8 Å². The second kappa shape index (κ2) is 11.3. The van der Waals surface area contributed by atoms with E-state index in [-0.39, 0.29) is 18.5 Å². The maximum absolute atomic E-state index is 13.8. The number of para-hydroxylation sites is 1. The number of halogens is 1. The Kier molecular flexibility index (Phi) is 7.55. The second-order valence-corrected chi connectivity index (χ2v) is 8.99. The summed E-state index contributed by atoms with van der Waals surface area (Å²) in [7, 11) is 0. The van der Waals surface area contributed by atoms with E-state index in [4.69, 9.17) is 9.15 Å². The number of anilines is 1. The molecule has 2 aromatic heterocycles. The summed E-state index contributed by atoms with van der Waals surface area (Å²) >= 11 is 0. The van der Waals surface area contributed by atoms with E-state index in [9.17, 15) is 14.0 Å². The van der Waals surface area contributed by atoms with Crippen LogP contribution in [-0.4, -0.2) is 51.3 Å². The van der Waals surface area contributed by atoms with Crippen LogP contribution >= 0.6 is 0 Å². The maximum Gasteiger partial charge on any atom is 0.251 e. The summed E-state index contributed by atoms with van der Waals surface area (Å²) in [5.74, 6) is 0.0385. The zero-order valence-electron chi connectivity index (χ0n) is 20.8. The van der Waals surface area contributed by atoms with Crippen molar-refractivity contribution in [3.8, 4) is 11.6 Å². The van der Waals surface area contributed by atoms with Gasteiger partial charge in [0.2, 0.25) is 11.7 Å². The van der Waals surface area contributed by atoms with E-state index in [1.54, 1.807) is 43.3 Å². The standard InChI is InChI=1S/C27H27FN6O4/c1-18-9-14-23(38-18)26-30-32-33(31-26)17-24(35)34(21-6-3-2-4-7-21)25(19-10-12-20(28)13-11-19)27(36)29-16-22-8-5-15-37-22/h2-4,6-7,9-14,22,25H,5,8,15-17H2,1H3,(H,29,36)/t22-,25+/m1/s1. The van der Waals surface area contributed by atoms with E-state index < -0.39 is 23.7 Å². The van der Waals surface area contributed by atoms with Gasteiger partial charge < -0.3 is 14.5 Å². The molecule has 0 bridgehead atoms. The van der Waals surface area contributed by atoms with Crippen LogP contribution < -0.4 is 10.2 Å². The monoisotopic (exact) mass is 518 g/mol. The zero-order valence-corrected chi connectivity index (χ0v) is 20.8. The highest BCUT2D eigenvalue weighted by Gasteiger charge is 2.34. The number of amides is 2. The lowest BCUT2D eigenvalue weighted by Gasteiger charge is -2.31. The van der Waals surface area contributed by atoms with Gasteiger partial charge in [0.05, 0.1) is 6.10 Å². The maximum atomic E-state index is 13.8. The van der Waals surface area contributed by atoms with E-state index in [2.05, 4.69) is 20.7 Å². The van der Waals surface area contributed by atoms with Gasteiger partial charge in [0.25, 0.3) is 5.91 Å². The quantitative estimate of drug-likeness (QED) is 0.361. The van der Waals surface area contributed by atoms with Crippen molar-refractivity contribution in [1.29, 1.82) is 0 Å². The largest absolute Gasteiger partial charge is 0.458 e. The highest BCUT2D eigenvalue weighted by Crippen LogP contribution is 2.29. The third-order valence-corrected chi connectivity index (χ3v) is 6.21. The molecule has 2 atom stereocenters. The van der Waals surface area contributed by atoms with Crippen molar-refractivity contribution >= 4 is 17.5 Å². The van der Waals surface area contributed by atoms with E-state index in [0.717, 1.165) is 17.6 Å². The number of aryl methyl sites for hydroxylation is 1. The average molecular weight is 519 g/mol. The number of furan rings is 1. The summed E-state index contributed by atoms with van der Waals surface area (Å²) in [5.41, 5.74) is 0.938. The average Bonchev–Trinajstić information content (AvgIpc) is 3.70. The smallest absolute Gasteiger partial charge is 0.251 e. The van der Waals surface area contributed by atoms with Crippen LogP contribution in [0.5, 0.6) is 0 Å². The van der Waals surface area contributed by atoms with E-state index in [1.165, 1.54) is 29.2 Å². The van der Waals surface area contributed by atoms with Crippen molar-refractivity contribution in [1.82, 2.24) is 25.5 Å². The first kappa shape index (κ1) is 25.3. The Morgan fingerprint density at radius 1 is 1.13 bits per heavy atom. The van der Waals surface area contributed by atoms with Gasteiger partial charge in [-0.3, -0.25) is 14.5 Å². The molecule has 196 valence electrons. The molecule has 1 aliphatic rings. The lowest BCUT2D eigenvalue weighted by Crippen LogP contribution is -2.46. The van der Waals surface area contributed by atoms with Crippen LogP contribution in [0.25, 0.3) is 11.6 Å². The lowest BCUT2D eigenvalue weighted by molar-refractivity contribution is -0.127. The topological polar surface area (TPSA) is 115 Å². The van der Waals surface area contributed by atoms with Crippen LogP contribution in [0, 0.1) is 12.7 Å². The predicted octanol–water partition coefficient (Wildman–Crippen LogP) is 3.45. The third kappa shape index (κ3) is 5.78. The highest BCUT2D eigenvalue weighted by molar-refractivity contribution is 6.01. The van der Waals surface area contributed by atoms with Crippen molar-refractivity contribution in [2.24, 2.45) is 0 Å². The van der Waals surface area contributed by atoms with Crippen LogP contribution in [0.15, 0.2) is 71.1 Å². The Bertz CT molecular complexity index is 1380. The molecule has 0 saturated carbocycles. The number of ether oxygens (including phenoxy) is 1. The molecular weight excluding hydrogens is 491 g/mol. The molecular formula is C27H27FN6O4. The third-order valence-electron chi connectivity index (χ3n) is 6.21. The number of carbonyl (C=O) groups excluding carboxylic acids is 2. The summed E-state index contributed by atoms with van der Waals surface area (Å²) in [6.07, 6.45) is 1.69. The second-order valence-electron chi connectivity index (χ2n) is 8.99. The van der Waals surface area contributed by atoms with E-state index in [0.29, 0.717) is 35.9 Å². The van der Waals surface area contributed by atoms with Crippen LogP contribution in [0.1, 0.15) is 30.2 Å². The number of rotatable bonds is 9. The Balaban J connectivity index is 1.46. The minimum atomic E-state index is -1.08. The van der Waals surface area contributed by atoms with Crippen LogP contribution in [0.4, 0.5) is 10.1 Å². The molecule has 2 amide bonds. The molecule has 0 spiro atoms. The van der Waals surface area contributed by atoms with Gasteiger partial charge in [-0.05, 0) is 66.9 Å². The molecule has 1 aliphatic heterocycles. The number of aromatic nitrogens is 4. The first-order chi connectivity index (χ1) is 18.5. The molecule has 0 aliphatic carbocycles. The number of nitrogens with zero attached hydrogens (tertiary/aromatic N) is 5. The Morgan fingerprint density at radius 2 is 1.92 bits per heavy atom. The van der Waals surface area contributed by atoms with Crippen LogP contribution in [-0.2, 0) is 20.9 Å². The number of hydrogen-bond donors (Lipinski definition) is 1.